The molecular weight excluding hydrogens is 288 g/mol. The lowest BCUT2D eigenvalue weighted by Crippen LogP contribution is -2.38. The second-order valence-electron chi connectivity index (χ2n) is 4.97. The number of carbonyl (C=O) groups is 1. The Hall–Kier alpha value is -2.21. The first-order valence-corrected chi connectivity index (χ1v) is 7.37. The molecule has 0 aliphatic carbocycles. The maximum atomic E-state index is 12.3. The number of rotatable bonds is 2. The summed E-state index contributed by atoms with van der Waals surface area (Å²) in [5.74, 6) is 0.377. The van der Waals surface area contributed by atoms with Crippen LogP contribution in [-0.2, 0) is 0 Å². The first-order valence-electron chi connectivity index (χ1n) is 6.55. The number of aryl methyl sites for hydroxylation is 1. The molecule has 0 saturated heterocycles. The molecule has 1 aromatic heterocycles. The van der Waals surface area contributed by atoms with Crippen molar-refractivity contribution in [3.63, 3.8) is 0 Å². The molecule has 5 nitrogen and oxygen atoms in total. The van der Waals surface area contributed by atoms with E-state index in [0.717, 1.165) is 26.6 Å². The maximum absolute atomic E-state index is 12.3. The normalized spacial score (nSPS) is 16.9. The summed E-state index contributed by atoms with van der Waals surface area (Å²) >= 11 is 1.58. The Bertz CT molecular complexity index is 724. The Kier molecular flexibility index (Phi) is 3.25. The van der Waals surface area contributed by atoms with Crippen molar-refractivity contribution in [1.29, 1.82) is 0 Å². The molecule has 0 unspecified atom stereocenters. The number of carbonyl (C=O) groups excluding carboxylic acids is 1. The number of benzene rings is 1. The fourth-order valence-electron chi connectivity index (χ4n) is 2.41. The molecule has 0 saturated carbocycles. The number of ether oxygens (including phenoxy) is 1. The van der Waals surface area contributed by atoms with Crippen LogP contribution in [0.3, 0.4) is 0 Å². The molecule has 0 fully saturated rings. The molecule has 2 heterocycles. The van der Waals surface area contributed by atoms with Gasteiger partial charge in [-0.2, -0.15) is 0 Å². The van der Waals surface area contributed by atoms with E-state index in [4.69, 9.17) is 4.74 Å². The van der Waals surface area contributed by atoms with Crippen molar-refractivity contribution < 1.29 is 14.6 Å². The number of nitrogens with one attached hydrogen (secondary N) is 2. The van der Waals surface area contributed by atoms with Crippen LogP contribution < -0.4 is 15.4 Å². The minimum Gasteiger partial charge on any atom is -0.504 e. The summed E-state index contributed by atoms with van der Waals surface area (Å²) in [6, 6.07) is 5.03. The molecule has 0 spiro atoms. The van der Waals surface area contributed by atoms with E-state index >= 15 is 0 Å². The molecule has 0 bridgehead atoms. The van der Waals surface area contributed by atoms with Gasteiger partial charge in [0.25, 0.3) is 5.91 Å². The van der Waals surface area contributed by atoms with Crippen molar-refractivity contribution in [3.8, 4) is 11.5 Å². The van der Waals surface area contributed by atoms with Crippen LogP contribution in [0.4, 0.5) is 5.00 Å². The molecule has 3 rings (SSSR count). The van der Waals surface area contributed by atoms with E-state index in [-0.39, 0.29) is 17.8 Å². The van der Waals surface area contributed by atoms with Gasteiger partial charge in [-0.3, -0.25) is 4.79 Å². The van der Waals surface area contributed by atoms with Gasteiger partial charge in [0, 0.05) is 4.88 Å². The van der Waals surface area contributed by atoms with Gasteiger partial charge in [0.2, 0.25) is 0 Å². The Morgan fingerprint density at radius 1 is 1.29 bits per heavy atom. The van der Waals surface area contributed by atoms with Gasteiger partial charge in [-0.25, -0.2) is 0 Å². The van der Waals surface area contributed by atoms with E-state index in [2.05, 4.69) is 10.6 Å². The van der Waals surface area contributed by atoms with Gasteiger partial charge in [0.15, 0.2) is 11.5 Å². The molecule has 0 radical (unpaired) electrons. The third-order valence-electron chi connectivity index (χ3n) is 3.70. The minimum atomic E-state index is -0.336. The van der Waals surface area contributed by atoms with Gasteiger partial charge < -0.3 is 20.5 Å². The quantitative estimate of drug-likeness (QED) is 0.798. The zero-order valence-electron chi connectivity index (χ0n) is 12.0. The highest BCUT2D eigenvalue weighted by Gasteiger charge is 2.29. The molecule has 1 aliphatic heterocycles. The second-order valence-corrected chi connectivity index (χ2v) is 6.19. The predicted octanol–water partition coefficient (Wildman–Crippen LogP) is 2.93. The lowest BCUT2D eigenvalue weighted by molar-refractivity contribution is 0.0935. The molecule has 1 aromatic carbocycles. The fraction of sp³-hybridized carbons (Fsp3) is 0.267. The molecule has 110 valence electrons. The molecule has 1 amide bonds. The first-order chi connectivity index (χ1) is 10.0. The van der Waals surface area contributed by atoms with E-state index in [1.807, 2.05) is 13.8 Å². The SMILES string of the molecule is COc1cc([C@H]2NC(=O)c3c(sc(C)c3C)N2)ccc1O. The number of phenols is 1. The zero-order chi connectivity index (χ0) is 15.1. The Morgan fingerprint density at radius 3 is 2.76 bits per heavy atom. The van der Waals surface area contributed by atoms with Crippen molar-refractivity contribution in [1.82, 2.24) is 5.32 Å². The molecule has 1 aliphatic rings. The molecule has 6 heteroatoms. The number of methoxy groups -OCH3 is 1. The largest absolute Gasteiger partial charge is 0.504 e. The third kappa shape index (κ3) is 2.21. The van der Waals surface area contributed by atoms with Gasteiger partial charge in [0.05, 0.1) is 12.7 Å². The van der Waals surface area contributed by atoms with Crippen LogP contribution in [0, 0.1) is 13.8 Å². The van der Waals surface area contributed by atoms with E-state index in [9.17, 15) is 9.90 Å². The highest BCUT2D eigenvalue weighted by Crippen LogP contribution is 2.38. The van der Waals surface area contributed by atoms with E-state index in [1.165, 1.54) is 7.11 Å². The van der Waals surface area contributed by atoms with Gasteiger partial charge in [-0.05, 0) is 37.1 Å². The van der Waals surface area contributed by atoms with Crippen LogP contribution in [0.25, 0.3) is 0 Å². The number of phenolic OH excluding ortho intramolecular Hbond substituents is 1. The number of hydrogen-bond acceptors (Lipinski definition) is 5. The second kappa shape index (κ2) is 4.96. The van der Waals surface area contributed by atoms with Crippen LogP contribution >= 0.6 is 11.3 Å². The van der Waals surface area contributed by atoms with Gasteiger partial charge in [0.1, 0.15) is 11.2 Å². The summed E-state index contributed by atoms with van der Waals surface area (Å²) < 4.78 is 5.11. The van der Waals surface area contributed by atoms with Crippen molar-refractivity contribution in [2.75, 3.05) is 12.4 Å². The number of amides is 1. The Morgan fingerprint density at radius 2 is 2.05 bits per heavy atom. The monoisotopic (exact) mass is 304 g/mol. The topological polar surface area (TPSA) is 70.6 Å². The summed E-state index contributed by atoms with van der Waals surface area (Å²) in [6.07, 6.45) is -0.336. The average Bonchev–Trinajstić information content (AvgIpc) is 2.75. The molecule has 2 aromatic rings. The highest BCUT2D eigenvalue weighted by molar-refractivity contribution is 7.16. The van der Waals surface area contributed by atoms with Gasteiger partial charge in [-0.1, -0.05) is 6.07 Å². The zero-order valence-corrected chi connectivity index (χ0v) is 12.8. The number of anilines is 1. The van der Waals surface area contributed by atoms with E-state index in [1.54, 1.807) is 29.5 Å². The smallest absolute Gasteiger partial charge is 0.256 e. The average molecular weight is 304 g/mol. The Balaban J connectivity index is 1.97. The van der Waals surface area contributed by atoms with E-state index < -0.39 is 0 Å². The van der Waals surface area contributed by atoms with Crippen LogP contribution in [0.15, 0.2) is 18.2 Å². The maximum Gasteiger partial charge on any atom is 0.256 e. The summed E-state index contributed by atoms with van der Waals surface area (Å²) in [5, 5.41) is 16.8. The summed E-state index contributed by atoms with van der Waals surface area (Å²) in [7, 11) is 1.50. The van der Waals surface area contributed by atoms with Crippen molar-refractivity contribution in [2.45, 2.75) is 20.0 Å². The van der Waals surface area contributed by atoms with Crippen LogP contribution in [0.1, 0.15) is 32.5 Å². The number of fused-ring (bicyclic) bond motifs is 1. The molecule has 1 atom stereocenters. The summed E-state index contributed by atoms with van der Waals surface area (Å²) in [4.78, 5) is 13.4. The first kappa shape index (κ1) is 13.8. The minimum absolute atomic E-state index is 0.0758. The van der Waals surface area contributed by atoms with Crippen molar-refractivity contribution >= 4 is 22.2 Å². The molecule has 3 N–H and O–H groups in total. The van der Waals surface area contributed by atoms with Crippen molar-refractivity contribution in [2.24, 2.45) is 0 Å². The lowest BCUT2D eigenvalue weighted by Gasteiger charge is -2.26. The van der Waals surface area contributed by atoms with Crippen LogP contribution in [-0.4, -0.2) is 18.1 Å². The standard InChI is InChI=1S/C15H16N2O3S/c1-7-8(2)21-15-12(7)14(19)16-13(17-15)9-4-5-10(18)11(6-9)20-3/h4-6,13,17-18H,1-3H3,(H,16,19)/t13-/m0/s1. The lowest BCUT2D eigenvalue weighted by atomic mass is 10.1. The van der Waals surface area contributed by atoms with Crippen LogP contribution in [0.5, 0.6) is 11.5 Å². The van der Waals surface area contributed by atoms with E-state index in [0.29, 0.717) is 5.75 Å². The molecular formula is C15H16N2O3S. The third-order valence-corrected chi connectivity index (χ3v) is 4.84. The number of aromatic hydroxyl groups is 1. The fourth-order valence-corrected chi connectivity index (χ4v) is 3.50. The summed E-state index contributed by atoms with van der Waals surface area (Å²) in [5.41, 5.74) is 2.56. The number of thiophene rings is 1. The van der Waals surface area contributed by atoms with Crippen molar-refractivity contribution in [3.05, 3.63) is 39.8 Å². The molecule has 21 heavy (non-hydrogen) atoms. The van der Waals surface area contributed by atoms with Gasteiger partial charge in [-0.15, -0.1) is 11.3 Å². The van der Waals surface area contributed by atoms with Gasteiger partial charge >= 0.3 is 0 Å². The number of hydrogen-bond donors (Lipinski definition) is 3. The summed E-state index contributed by atoms with van der Waals surface area (Å²) in [6.45, 7) is 3.96. The predicted molar refractivity (Wildman–Crippen MR) is 82.3 cm³/mol. The highest BCUT2D eigenvalue weighted by atomic mass is 32.1. The Labute approximate surface area is 126 Å². The van der Waals surface area contributed by atoms with Crippen LogP contribution in [0.2, 0.25) is 0 Å².